The first-order chi connectivity index (χ1) is 14.0. The Morgan fingerprint density at radius 1 is 1.28 bits per heavy atom. The predicted molar refractivity (Wildman–Crippen MR) is 104 cm³/mol. The van der Waals surface area contributed by atoms with Gasteiger partial charge in [0, 0.05) is 37.5 Å². The number of nitrogens with zero attached hydrogens (tertiary/aromatic N) is 2. The molecule has 1 aromatic carbocycles. The topological polar surface area (TPSA) is 88.2 Å². The second kappa shape index (κ2) is 8.51. The van der Waals surface area contributed by atoms with Gasteiger partial charge < -0.3 is 14.4 Å². The molecule has 0 aromatic heterocycles. The quantitative estimate of drug-likeness (QED) is 0.648. The van der Waals surface area contributed by atoms with E-state index < -0.39 is 11.9 Å². The number of ether oxygens (including phenoxy) is 2. The third kappa shape index (κ3) is 4.28. The van der Waals surface area contributed by atoms with Gasteiger partial charge in [0.1, 0.15) is 18.4 Å². The number of likely N-dealkylation sites (N-methyl/N-ethyl adjacent to an activating group) is 1. The van der Waals surface area contributed by atoms with Crippen molar-refractivity contribution in [3.63, 3.8) is 0 Å². The van der Waals surface area contributed by atoms with E-state index >= 15 is 0 Å². The average molecular weight is 401 g/mol. The number of benzene rings is 1. The van der Waals surface area contributed by atoms with E-state index in [0.29, 0.717) is 31.1 Å². The lowest BCUT2D eigenvalue weighted by atomic mass is 10.0. The van der Waals surface area contributed by atoms with E-state index in [4.69, 9.17) is 9.47 Å². The van der Waals surface area contributed by atoms with Crippen LogP contribution in [0.2, 0.25) is 0 Å². The number of amides is 3. The predicted octanol–water partition coefficient (Wildman–Crippen LogP) is 0.795. The summed E-state index contributed by atoms with van der Waals surface area (Å²) in [5.41, 5.74) is 1.46. The van der Waals surface area contributed by atoms with E-state index in [1.54, 1.807) is 17.0 Å². The van der Waals surface area contributed by atoms with E-state index in [2.05, 4.69) is 17.1 Å². The average Bonchev–Trinajstić information content (AvgIpc) is 2.99. The molecule has 0 bridgehead atoms. The van der Waals surface area contributed by atoms with Crippen LogP contribution in [-0.2, 0) is 20.9 Å². The first kappa shape index (κ1) is 19.8. The fourth-order valence-electron chi connectivity index (χ4n) is 4.07. The summed E-state index contributed by atoms with van der Waals surface area (Å²) in [5.74, 6) is 0.511. The Morgan fingerprint density at radius 2 is 2.10 bits per heavy atom. The van der Waals surface area contributed by atoms with E-state index in [0.717, 1.165) is 44.2 Å². The summed E-state index contributed by atoms with van der Waals surface area (Å²) in [5, 5.41) is 2.32. The third-order valence-electron chi connectivity index (χ3n) is 5.84. The summed E-state index contributed by atoms with van der Waals surface area (Å²) in [6.07, 6.45) is 0.623. The highest BCUT2D eigenvalue weighted by Gasteiger charge is 2.39. The Hall–Kier alpha value is -2.45. The summed E-state index contributed by atoms with van der Waals surface area (Å²) < 4.78 is 11.2. The van der Waals surface area contributed by atoms with Crippen LogP contribution in [0.25, 0.3) is 0 Å². The Bertz CT molecular complexity index is 808. The molecule has 3 amide bonds. The lowest BCUT2D eigenvalue weighted by Crippen LogP contribution is -2.52. The minimum absolute atomic E-state index is 0.166. The maximum atomic E-state index is 12.7. The van der Waals surface area contributed by atoms with Crippen molar-refractivity contribution >= 4 is 17.7 Å². The number of piperidine rings is 1. The van der Waals surface area contributed by atoms with Crippen LogP contribution in [0.15, 0.2) is 18.2 Å². The number of carbonyl (C=O) groups is 3. The van der Waals surface area contributed by atoms with Gasteiger partial charge in [0.05, 0.1) is 13.2 Å². The van der Waals surface area contributed by atoms with E-state index in [-0.39, 0.29) is 18.2 Å². The van der Waals surface area contributed by atoms with Crippen molar-refractivity contribution < 1.29 is 23.9 Å². The zero-order valence-electron chi connectivity index (χ0n) is 16.7. The maximum absolute atomic E-state index is 12.7. The minimum atomic E-state index is -0.592. The number of fused-ring (bicyclic) bond motifs is 1. The summed E-state index contributed by atoms with van der Waals surface area (Å²) >= 11 is 0. The molecule has 2 saturated heterocycles. The number of nitrogens with one attached hydrogen (secondary N) is 1. The van der Waals surface area contributed by atoms with Crippen LogP contribution in [0.1, 0.15) is 35.7 Å². The van der Waals surface area contributed by atoms with Crippen LogP contribution in [0.3, 0.4) is 0 Å². The monoisotopic (exact) mass is 401 g/mol. The molecule has 2 fully saturated rings. The normalized spacial score (nSPS) is 21.9. The molecule has 3 aliphatic rings. The van der Waals surface area contributed by atoms with Crippen molar-refractivity contribution in [3.8, 4) is 5.75 Å². The Labute approximate surface area is 170 Å². The van der Waals surface area contributed by atoms with E-state index in [1.807, 2.05) is 6.07 Å². The molecule has 1 aromatic rings. The van der Waals surface area contributed by atoms with Crippen LogP contribution in [-0.4, -0.2) is 73.0 Å². The van der Waals surface area contributed by atoms with Crippen molar-refractivity contribution in [2.75, 3.05) is 39.5 Å². The van der Waals surface area contributed by atoms with Crippen LogP contribution in [0.4, 0.5) is 0 Å². The molecule has 1 N–H and O–H groups in total. The van der Waals surface area contributed by atoms with Gasteiger partial charge in [-0.05, 0) is 36.7 Å². The Morgan fingerprint density at radius 3 is 2.79 bits per heavy atom. The summed E-state index contributed by atoms with van der Waals surface area (Å²) in [6, 6.07) is 4.86. The fourth-order valence-corrected chi connectivity index (χ4v) is 4.07. The van der Waals surface area contributed by atoms with Crippen molar-refractivity contribution in [1.82, 2.24) is 15.1 Å². The SMILES string of the molecule is CCN(CCOc1ccc2c(c1)CN(C1CCC(=O)NC1=O)C2=O)CC1COC1. The lowest BCUT2D eigenvalue weighted by molar-refractivity contribution is -0.136. The molecule has 1 atom stereocenters. The zero-order chi connectivity index (χ0) is 20.4. The van der Waals surface area contributed by atoms with Gasteiger partial charge >= 0.3 is 0 Å². The van der Waals surface area contributed by atoms with Crippen LogP contribution in [0, 0.1) is 5.92 Å². The Kier molecular flexibility index (Phi) is 5.82. The molecule has 3 aliphatic heterocycles. The molecule has 0 aliphatic carbocycles. The van der Waals surface area contributed by atoms with Gasteiger partial charge in [-0.1, -0.05) is 6.92 Å². The van der Waals surface area contributed by atoms with Crippen molar-refractivity contribution in [3.05, 3.63) is 29.3 Å². The molecular formula is C21H27N3O5. The van der Waals surface area contributed by atoms with Crippen molar-refractivity contribution in [1.29, 1.82) is 0 Å². The van der Waals surface area contributed by atoms with Crippen molar-refractivity contribution in [2.24, 2.45) is 5.92 Å². The number of hydrogen-bond acceptors (Lipinski definition) is 6. The van der Waals surface area contributed by atoms with Gasteiger partial charge in [-0.2, -0.15) is 0 Å². The van der Waals surface area contributed by atoms with Gasteiger partial charge in [-0.15, -0.1) is 0 Å². The largest absolute Gasteiger partial charge is 0.492 e. The second-order valence-corrected chi connectivity index (χ2v) is 7.86. The van der Waals surface area contributed by atoms with Crippen LogP contribution < -0.4 is 10.1 Å². The standard InChI is InChI=1S/C21H27N3O5/c1-2-23(10-14-12-28-13-14)7-8-29-16-3-4-17-15(9-16)11-24(21(17)27)18-5-6-19(25)22-20(18)26/h3-4,9,14,18H,2,5-8,10-13H2,1H3,(H,22,25,26). The number of rotatable bonds is 8. The molecule has 0 saturated carbocycles. The molecular weight excluding hydrogens is 374 g/mol. The smallest absolute Gasteiger partial charge is 0.255 e. The molecule has 1 unspecified atom stereocenters. The molecule has 0 radical (unpaired) electrons. The molecule has 3 heterocycles. The van der Waals surface area contributed by atoms with Gasteiger partial charge in [0.2, 0.25) is 11.8 Å². The molecule has 4 rings (SSSR count). The Balaban J connectivity index is 1.33. The first-order valence-electron chi connectivity index (χ1n) is 10.3. The van der Waals surface area contributed by atoms with Crippen LogP contribution in [0.5, 0.6) is 5.75 Å². The molecule has 8 heteroatoms. The number of imide groups is 1. The maximum Gasteiger partial charge on any atom is 0.255 e. The van der Waals surface area contributed by atoms with Gasteiger partial charge in [0.15, 0.2) is 0 Å². The molecule has 8 nitrogen and oxygen atoms in total. The van der Waals surface area contributed by atoms with E-state index in [1.165, 1.54) is 0 Å². The van der Waals surface area contributed by atoms with E-state index in [9.17, 15) is 14.4 Å². The van der Waals surface area contributed by atoms with Gasteiger partial charge in [-0.3, -0.25) is 24.6 Å². The van der Waals surface area contributed by atoms with Crippen LogP contribution >= 0.6 is 0 Å². The van der Waals surface area contributed by atoms with Gasteiger partial charge in [-0.25, -0.2) is 0 Å². The summed E-state index contributed by atoms with van der Waals surface area (Å²) in [4.78, 5) is 40.1. The summed E-state index contributed by atoms with van der Waals surface area (Å²) in [6.45, 7) is 7.61. The zero-order valence-corrected chi connectivity index (χ0v) is 16.7. The first-order valence-corrected chi connectivity index (χ1v) is 10.3. The lowest BCUT2D eigenvalue weighted by Gasteiger charge is -2.31. The highest BCUT2D eigenvalue weighted by Crippen LogP contribution is 2.30. The fraction of sp³-hybridized carbons (Fsp3) is 0.571. The highest BCUT2D eigenvalue weighted by molar-refractivity contribution is 6.05. The summed E-state index contributed by atoms with van der Waals surface area (Å²) in [7, 11) is 0. The number of hydrogen-bond donors (Lipinski definition) is 1. The highest BCUT2D eigenvalue weighted by atomic mass is 16.5. The second-order valence-electron chi connectivity index (χ2n) is 7.86. The van der Waals surface area contributed by atoms with Gasteiger partial charge in [0.25, 0.3) is 5.91 Å². The molecule has 156 valence electrons. The molecule has 0 spiro atoms. The minimum Gasteiger partial charge on any atom is -0.492 e. The third-order valence-corrected chi connectivity index (χ3v) is 5.84. The van der Waals surface area contributed by atoms with Crippen molar-refractivity contribution in [2.45, 2.75) is 32.4 Å². The number of carbonyl (C=O) groups excluding carboxylic acids is 3. The molecule has 29 heavy (non-hydrogen) atoms.